The lowest BCUT2D eigenvalue weighted by Gasteiger charge is -2.35. The molecule has 0 atom stereocenters. The van der Waals surface area contributed by atoms with Crippen molar-refractivity contribution < 1.29 is 0 Å². The third-order valence-electron chi connectivity index (χ3n) is 4.12. The molecule has 0 bridgehead atoms. The van der Waals surface area contributed by atoms with Gasteiger partial charge >= 0.3 is 0 Å². The molecule has 1 rings (SSSR count). The summed E-state index contributed by atoms with van der Waals surface area (Å²) in [6, 6.07) is 0.778. The molecule has 0 aromatic rings. The van der Waals surface area contributed by atoms with Gasteiger partial charge in [0.1, 0.15) is 0 Å². The van der Waals surface area contributed by atoms with E-state index >= 15 is 0 Å². The van der Waals surface area contributed by atoms with Crippen LogP contribution in [0.1, 0.15) is 53.4 Å². The van der Waals surface area contributed by atoms with Crippen molar-refractivity contribution in [1.82, 2.24) is 10.2 Å². The molecule has 1 aliphatic heterocycles. The molecule has 0 spiro atoms. The highest BCUT2D eigenvalue weighted by atomic mass is 15.1. The average molecular weight is 254 g/mol. The second-order valence-electron chi connectivity index (χ2n) is 7.05. The third kappa shape index (κ3) is 6.19. The molecule has 1 fully saturated rings. The van der Waals surface area contributed by atoms with Gasteiger partial charge < -0.3 is 10.2 Å². The Bertz CT molecular complexity index is 197. The fourth-order valence-electron chi connectivity index (χ4n) is 3.17. The molecule has 0 saturated carbocycles. The normalized spacial score (nSPS) is 18.5. The predicted octanol–water partition coefficient (Wildman–Crippen LogP) is 3.38. The number of rotatable bonds is 7. The second kappa shape index (κ2) is 8.16. The van der Waals surface area contributed by atoms with Crippen LogP contribution in [-0.4, -0.2) is 37.6 Å². The molecule has 108 valence electrons. The van der Waals surface area contributed by atoms with E-state index in [0.717, 1.165) is 23.8 Å². The van der Waals surface area contributed by atoms with Crippen molar-refractivity contribution in [2.24, 2.45) is 17.8 Å². The first kappa shape index (κ1) is 16.0. The van der Waals surface area contributed by atoms with Gasteiger partial charge in [0, 0.05) is 12.6 Å². The molecule has 0 unspecified atom stereocenters. The molecule has 18 heavy (non-hydrogen) atoms. The Morgan fingerprint density at radius 2 is 1.50 bits per heavy atom. The van der Waals surface area contributed by atoms with Gasteiger partial charge in [-0.3, -0.25) is 0 Å². The Labute approximate surface area is 115 Å². The Balaban J connectivity index is 2.43. The summed E-state index contributed by atoms with van der Waals surface area (Å²) >= 11 is 0. The third-order valence-corrected chi connectivity index (χ3v) is 4.12. The first-order valence-corrected chi connectivity index (χ1v) is 7.90. The topological polar surface area (TPSA) is 15.3 Å². The van der Waals surface area contributed by atoms with Gasteiger partial charge in [-0.2, -0.15) is 0 Å². The van der Waals surface area contributed by atoms with Gasteiger partial charge in [0.2, 0.25) is 0 Å². The van der Waals surface area contributed by atoms with Gasteiger partial charge in [-0.15, -0.1) is 0 Å². The maximum absolute atomic E-state index is 3.46. The van der Waals surface area contributed by atoms with Crippen LogP contribution in [0.15, 0.2) is 0 Å². The monoisotopic (exact) mass is 254 g/mol. The molecule has 0 amide bonds. The average Bonchev–Trinajstić information content (AvgIpc) is 2.28. The summed E-state index contributed by atoms with van der Waals surface area (Å²) in [4.78, 5) is 2.65. The van der Waals surface area contributed by atoms with Crippen LogP contribution >= 0.6 is 0 Å². The van der Waals surface area contributed by atoms with Crippen LogP contribution in [0.3, 0.4) is 0 Å². The number of piperidine rings is 1. The van der Waals surface area contributed by atoms with Crippen LogP contribution < -0.4 is 5.32 Å². The van der Waals surface area contributed by atoms with E-state index < -0.39 is 0 Å². The van der Waals surface area contributed by atoms with E-state index in [1.54, 1.807) is 0 Å². The molecule has 0 aliphatic carbocycles. The smallest absolute Gasteiger partial charge is 0.00971 e. The molecular weight excluding hydrogens is 220 g/mol. The zero-order valence-electron chi connectivity index (χ0n) is 13.2. The van der Waals surface area contributed by atoms with Crippen molar-refractivity contribution in [3.63, 3.8) is 0 Å². The molecule has 1 saturated heterocycles. The highest BCUT2D eigenvalue weighted by molar-refractivity contribution is 4.77. The van der Waals surface area contributed by atoms with E-state index in [1.165, 1.54) is 45.3 Å². The van der Waals surface area contributed by atoms with Gasteiger partial charge in [0.15, 0.2) is 0 Å². The van der Waals surface area contributed by atoms with Crippen LogP contribution in [-0.2, 0) is 0 Å². The van der Waals surface area contributed by atoms with Crippen molar-refractivity contribution in [3.8, 4) is 0 Å². The number of hydrogen-bond acceptors (Lipinski definition) is 2. The zero-order chi connectivity index (χ0) is 13.5. The minimum absolute atomic E-state index is 0.778. The SMILES string of the molecule is CC(C)CC(CC(C)C)N(C)CC1CCNCC1. The van der Waals surface area contributed by atoms with E-state index in [4.69, 9.17) is 0 Å². The van der Waals surface area contributed by atoms with E-state index in [9.17, 15) is 0 Å². The molecule has 0 aromatic heterocycles. The summed E-state index contributed by atoms with van der Waals surface area (Å²) in [6.07, 6.45) is 5.42. The molecule has 1 heterocycles. The lowest BCUT2D eigenvalue weighted by Crippen LogP contribution is -2.40. The maximum atomic E-state index is 3.46. The van der Waals surface area contributed by atoms with Gasteiger partial charge in [-0.25, -0.2) is 0 Å². The standard InChI is InChI=1S/C16H34N2/c1-13(2)10-16(11-14(3)4)18(5)12-15-6-8-17-9-7-15/h13-17H,6-12H2,1-5H3. The van der Waals surface area contributed by atoms with Crippen LogP contribution in [0.4, 0.5) is 0 Å². The molecule has 0 aromatic carbocycles. The lowest BCUT2D eigenvalue weighted by molar-refractivity contribution is 0.149. The second-order valence-corrected chi connectivity index (χ2v) is 7.05. The minimum atomic E-state index is 0.778. The Hall–Kier alpha value is -0.0800. The molecule has 1 aliphatic rings. The fourth-order valence-corrected chi connectivity index (χ4v) is 3.17. The van der Waals surface area contributed by atoms with Crippen molar-refractivity contribution in [1.29, 1.82) is 0 Å². The van der Waals surface area contributed by atoms with Crippen molar-refractivity contribution >= 4 is 0 Å². The summed E-state index contributed by atoms with van der Waals surface area (Å²) in [6.45, 7) is 13.1. The Kier molecular flexibility index (Phi) is 7.25. The van der Waals surface area contributed by atoms with Gasteiger partial charge in [-0.1, -0.05) is 27.7 Å². The Morgan fingerprint density at radius 1 is 1.00 bits per heavy atom. The summed E-state index contributed by atoms with van der Waals surface area (Å²) in [5.74, 6) is 2.53. The van der Waals surface area contributed by atoms with Crippen molar-refractivity contribution in [3.05, 3.63) is 0 Å². The molecule has 0 radical (unpaired) electrons. The van der Waals surface area contributed by atoms with E-state index in [-0.39, 0.29) is 0 Å². The number of nitrogens with one attached hydrogen (secondary N) is 1. The zero-order valence-corrected chi connectivity index (χ0v) is 13.2. The largest absolute Gasteiger partial charge is 0.317 e. The molecule has 2 nitrogen and oxygen atoms in total. The summed E-state index contributed by atoms with van der Waals surface area (Å²) in [5.41, 5.74) is 0. The van der Waals surface area contributed by atoms with Crippen LogP contribution in [0.2, 0.25) is 0 Å². The van der Waals surface area contributed by atoms with Crippen molar-refractivity contribution in [2.45, 2.75) is 59.4 Å². The molecular formula is C16H34N2. The highest BCUT2D eigenvalue weighted by Crippen LogP contribution is 2.21. The van der Waals surface area contributed by atoms with E-state index in [2.05, 4.69) is 45.0 Å². The van der Waals surface area contributed by atoms with E-state index in [0.29, 0.717) is 0 Å². The number of nitrogens with zero attached hydrogens (tertiary/aromatic N) is 1. The van der Waals surface area contributed by atoms with Crippen LogP contribution in [0.5, 0.6) is 0 Å². The Morgan fingerprint density at radius 3 is 1.94 bits per heavy atom. The van der Waals surface area contributed by atoms with E-state index in [1.807, 2.05) is 0 Å². The van der Waals surface area contributed by atoms with Crippen LogP contribution in [0, 0.1) is 17.8 Å². The van der Waals surface area contributed by atoms with Crippen molar-refractivity contribution in [2.75, 3.05) is 26.7 Å². The van der Waals surface area contributed by atoms with Gasteiger partial charge in [0.25, 0.3) is 0 Å². The molecule has 1 N–H and O–H groups in total. The summed E-state index contributed by atoms with van der Waals surface area (Å²) < 4.78 is 0. The van der Waals surface area contributed by atoms with Gasteiger partial charge in [-0.05, 0) is 63.6 Å². The predicted molar refractivity (Wildman–Crippen MR) is 80.9 cm³/mol. The highest BCUT2D eigenvalue weighted by Gasteiger charge is 2.21. The minimum Gasteiger partial charge on any atom is -0.317 e. The first-order chi connectivity index (χ1) is 8.49. The summed E-state index contributed by atoms with van der Waals surface area (Å²) in [7, 11) is 2.34. The quantitative estimate of drug-likeness (QED) is 0.749. The maximum Gasteiger partial charge on any atom is 0.00971 e. The van der Waals surface area contributed by atoms with Gasteiger partial charge in [0.05, 0.1) is 0 Å². The first-order valence-electron chi connectivity index (χ1n) is 7.90. The molecule has 2 heteroatoms. The lowest BCUT2D eigenvalue weighted by atomic mass is 9.92. The number of hydrogen-bond donors (Lipinski definition) is 1. The summed E-state index contributed by atoms with van der Waals surface area (Å²) in [5, 5.41) is 3.46. The van der Waals surface area contributed by atoms with Crippen LogP contribution in [0.25, 0.3) is 0 Å². The fraction of sp³-hybridized carbons (Fsp3) is 1.00.